The molecule has 106 valence electrons. The molecule has 1 saturated carbocycles. The van der Waals surface area contributed by atoms with Crippen LogP contribution in [0.4, 0.5) is 0 Å². The van der Waals surface area contributed by atoms with E-state index in [1.807, 2.05) is 14.0 Å². The molecule has 3 nitrogen and oxygen atoms in total. The molecule has 1 heterocycles. The first kappa shape index (κ1) is 15.0. The predicted molar refractivity (Wildman–Crippen MR) is 83.3 cm³/mol. The van der Waals surface area contributed by atoms with Gasteiger partial charge in [0.25, 0.3) is 0 Å². The van der Waals surface area contributed by atoms with Crippen molar-refractivity contribution in [2.24, 2.45) is 0 Å². The molecule has 0 aromatic carbocycles. The molecule has 1 aliphatic carbocycles. The smallest absolute Gasteiger partial charge is 0.237 e. The van der Waals surface area contributed by atoms with Crippen LogP contribution >= 0.6 is 27.3 Å². The highest BCUT2D eigenvalue weighted by Crippen LogP contribution is 2.23. The Labute approximate surface area is 127 Å². The minimum Gasteiger partial charge on any atom is -0.352 e. The van der Waals surface area contributed by atoms with Gasteiger partial charge in [-0.25, -0.2) is 0 Å². The Balaban J connectivity index is 1.83. The fourth-order valence-electron chi connectivity index (χ4n) is 2.41. The lowest BCUT2D eigenvalue weighted by molar-refractivity contribution is -0.126. The van der Waals surface area contributed by atoms with Gasteiger partial charge in [0.15, 0.2) is 0 Å². The van der Waals surface area contributed by atoms with E-state index in [4.69, 9.17) is 0 Å². The van der Waals surface area contributed by atoms with Crippen LogP contribution in [-0.2, 0) is 11.3 Å². The average molecular weight is 345 g/mol. The lowest BCUT2D eigenvalue weighted by Crippen LogP contribution is -2.45. The quantitative estimate of drug-likeness (QED) is 0.887. The molecule has 0 saturated heterocycles. The van der Waals surface area contributed by atoms with Gasteiger partial charge in [-0.15, -0.1) is 11.3 Å². The largest absolute Gasteiger partial charge is 0.352 e. The van der Waals surface area contributed by atoms with Crippen molar-refractivity contribution >= 4 is 33.2 Å². The number of rotatable bonds is 5. The number of thiophene rings is 1. The zero-order valence-corrected chi connectivity index (χ0v) is 13.9. The molecule has 19 heavy (non-hydrogen) atoms. The number of carbonyl (C=O) groups is 1. The molecule has 0 unspecified atom stereocenters. The summed E-state index contributed by atoms with van der Waals surface area (Å²) in [6, 6.07) is 4.48. The summed E-state index contributed by atoms with van der Waals surface area (Å²) < 4.78 is 1.14. The molecule has 1 fully saturated rings. The van der Waals surface area contributed by atoms with Crippen LogP contribution < -0.4 is 5.32 Å². The molecule has 1 amide bonds. The summed E-state index contributed by atoms with van der Waals surface area (Å²) in [5.74, 6) is 0.157. The highest BCUT2D eigenvalue weighted by molar-refractivity contribution is 9.11. The van der Waals surface area contributed by atoms with Crippen LogP contribution in [0.5, 0.6) is 0 Å². The van der Waals surface area contributed by atoms with Crippen LogP contribution in [0.25, 0.3) is 0 Å². The van der Waals surface area contributed by atoms with Gasteiger partial charge < -0.3 is 5.32 Å². The molecule has 0 radical (unpaired) electrons. The van der Waals surface area contributed by atoms with Gasteiger partial charge in [-0.2, -0.15) is 0 Å². The van der Waals surface area contributed by atoms with E-state index < -0.39 is 0 Å². The van der Waals surface area contributed by atoms with Gasteiger partial charge in [0.05, 0.1) is 9.83 Å². The molecule has 0 bridgehead atoms. The second-order valence-corrected chi connectivity index (χ2v) is 7.83. The fraction of sp³-hybridized carbons (Fsp3) is 0.643. The molecular weight excluding hydrogens is 324 g/mol. The van der Waals surface area contributed by atoms with Crippen LogP contribution in [0.2, 0.25) is 0 Å². The lowest BCUT2D eigenvalue weighted by atomic mass is 10.2. The number of hydrogen-bond donors (Lipinski definition) is 1. The minimum atomic E-state index is -0.0820. The van der Waals surface area contributed by atoms with Crippen molar-refractivity contribution in [3.05, 3.63) is 20.8 Å². The van der Waals surface area contributed by atoms with Gasteiger partial charge in [0.1, 0.15) is 0 Å². The maximum absolute atomic E-state index is 12.2. The molecule has 1 atom stereocenters. The third-order valence-corrected chi connectivity index (χ3v) is 5.38. The minimum absolute atomic E-state index is 0.0820. The van der Waals surface area contributed by atoms with Crippen molar-refractivity contribution in [2.75, 3.05) is 7.05 Å². The number of amides is 1. The molecule has 1 N–H and O–H groups in total. The topological polar surface area (TPSA) is 32.3 Å². The number of nitrogens with one attached hydrogen (secondary N) is 1. The van der Waals surface area contributed by atoms with E-state index in [-0.39, 0.29) is 11.9 Å². The van der Waals surface area contributed by atoms with E-state index in [1.54, 1.807) is 11.3 Å². The molecule has 1 aliphatic rings. The van der Waals surface area contributed by atoms with Crippen molar-refractivity contribution in [3.8, 4) is 0 Å². The van der Waals surface area contributed by atoms with E-state index in [2.05, 4.69) is 38.3 Å². The molecule has 0 aliphatic heterocycles. The van der Waals surface area contributed by atoms with Crippen molar-refractivity contribution in [1.29, 1.82) is 0 Å². The number of carbonyl (C=O) groups excluding carboxylic acids is 1. The highest BCUT2D eigenvalue weighted by Gasteiger charge is 2.23. The first-order valence-electron chi connectivity index (χ1n) is 6.81. The summed E-state index contributed by atoms with van der Waals surface area (Å²) in [5, 5.41) is 3.16. The van der Waals surface area contributed by atoms with Crippen LogP contribution in [0.3, 0.4) is 0 Å². The van der Waals surface area contributed by atoms with Crippen LogP contribution in [-0.4, -0.2) is 29.9 Å². The lowest BCUT2D eigenvalue weighted by Gasteiger charge is -2.25. The molecular formula is C14H21BrN2OS. The monoisotopic (exact) mass is 344 g/mol. The normalized spacial score (nSPS) is 17.9. The highest BCUT2D eigenvalue weighted by atomic mass is 79.9. The Kier molecular flexibility index (Phi) is 5.42. The fourth-order valence-corrected chi connectivity index (χ4v) is 3.96. The predicted octanol–water partition coefficient (Wildman–Crippen LogP) is 3.39. The van der Waals surface area contributed by atoms with Crippen LogP contribution in [0.1, 0.15) is 37.5 Å². The van der Waals surface area contributed by atoms with Gasteiger partial charge in [-0.1, -0.05) is 12.8 Å². The standard InChI is InChI=1S/C14H21BrN2OS/c1-10(14(18)16-11-5-3-4-6-11)17(2)9-12-7-8-13(15)19-12/h7-8,10-11H,3-6,9H2,1-2H3,(H,16,18)/t10-/m1/s1. The van der Waals surface area contributed by atoms with Crippen molar-refractivity contribution in [3.63, 3.8) is 0 Å². The Morgan fingerprint density at radius 3 is 2.79 bits per heavy atom. The zero-order chi connectivity index (χ0) is 13.8. The van der Waals surface area contributed by atoms with E-state index in [9.17, 15) is 4.79 Å². The maximum atomic E-state index is 12.2. The molecule has 1 aromatic heterocycles. The Morgan fingerprint density at radius 1 is 1.53 bits per heavy atom. The summed E-state index contributed by atoms with van der Waals surface area (Å²) >= 11 is 5.19. The van der Waals surface area contributed by atoms with Gasteiger partial charge in [0, 0.05) is 17.5 Å². The van der Waals surface area contributed by atoms with Crippen LogP contribution in [0.15, 0.2) is 15.9 Å². The number of nitrogens with zero attached hydrogens (tertiary/aromatic N) is 1. The Bertz CT molecular complexity index is 429. The summed E-state index contributed by atoms with van der Waals surface area (Å²) in [5.41, 5.74) is 0. The molecule has 0 spiro atoms. The van der Waals surface area contributed by atoms with E-state index in [0.717, 1.165) is 23.2 Å². The summed E-state index contributed by atoms with van der Waals surface area (Å²) in [6.07, 6.45) is 4.77. The second-order valence-electron chi connectivity index (χ2n) is 5.29. The number of hydrogen-bond acceptors (Lipinski definition) is 3. The van der Waals surface area contributed by atoms with Gasteiger partial charge >= 0.3 is 0 Å². The van der Waals surface area contributed by atoms with Gasteiger partial charge in [0.2, 0.25) is 5.91 Å². The third kappa shape index (κ3) is 4.29. The van der Waals surface area contributed by atoms with Crippen molar-refractivity contribution < 1.29 is 4.79 Å². The second kappa shape index (κ2) is 6.86. The first-order chi connectivity index (χ1) is 9.06. The first-order valence-corrected chi connectivity index (χ1v) is 8.42. The van der Waals surface area contributed by atoms with Crippen molar-refractivity contribution in [1.82, 2.24) is 10.2 Å². The van der Waals surface area contributed by atoms with E-state index in [0.29, 0.717) is 6.04 Å². The van der Waals surface area contributed by atoms with Crippen molar-refractivity contribution in [2.45, 2.75) is 51.2 Å². The Hall–Kier alpha value is -0.390. The summed E-state index contributed by atoms with van der Waals surface area (Å²) in [6.45, 7) is 2.79. The van der Waals surface area contributed by atoms with E-state index in [1.165, 1.54) is 17.7 Å². The van der Waals surface area contributed by atoms with Crippen LogP contribution in [0, 0.1) is 0 Å². The van der Waals surface area contributed by atoms with Gasteiger partial charge in [-0.05, 0) is 54.9 Å². The molecule has 5 heteroatoms. The van der Waals surface area contributed by atoms with Gasteiger partial charge in [-0.3, -0.25) is 9.69 Å². The summed E-state index contributed by atoms with van der Waals surface area (Å²) in [4.78, 5) is 15.6. The Morgan fingerprint density at radius 2 is 2.21 bits per heavy atom. The zero-order valence-electron chi connectivity index (χ0n) is 11.5. The number of halogens is 1. The third-order valence-electron chi connectivity index (χ3n) is 3.78. The molecule has 1 aromatic rings. The van der Waals surface area contributed by atoms with E-state index >= 15 is 0 Å². The SMILES string of the molecule is C[C@H](C(=O)NC1CCCC1)N(C)Cc1ccc(Br)s1. The number of likely N-dealkylation sites (N-methyl/N-ethyl adjacent to an activating group) is 1. The summed E-state index contributed by atoms with van der Waals surface area (Å²) in [7, 11) is 2.01. The average Bonchev–Trinajstić information content (AvgIpc) is 3.00. The maximum Gasteiger partial charge on any atom is 0.237 e. The molecule has 2 rings (SSSR count).